The Hall–Kier alpha value is -2.28. The zero-order chi connectivity index (χ0) is 15.8. The predicted octanol–water partition coefficient (Wildman–Crippen LogP) is 3.14. The number of hydrogen-bond acceptors (Lipinski definition) is 6. The van der Waals surface area contributed by atoms with Gasteiger partial charge in [-0.05, 0) is 37.1 Å². The van der Waals surface area contributed by atoms with Crippen LogP contribution in [0.15, 0.2) is 27.8 Å². The van der Waals surface area contributed by atoms with Crippen molar-refractivity contribution in [3.05, 3.63) is 29.1 Å². The number of furan rings is 1. The minimum absolute atomic E-state index is 0.349. The second-order valence-electron chi connectivity index (χ2n) is 5.63. The van der Waals surface area contributed by atoms with Gasteiger partial charge in [0.15, 0.2) is 5.58 Å². The summed E-state index contributed by atoms with van der Waals surface area (Å²) in [5.41, 5.74) is 1.77. The van der Waals surface area contributed by atoms with E-state index in [4.69, 9.17) is 4.42 Å². The number of hydrogen-bond donors (Lipinski definition) is 1. The van der Waals surface area contributed by atoms with E-state index in [1.807, 2.05) is 12.3 Å². The molecule has 2 aromatic heterocycles. The summed E-state index contributed by atoms with van der Waals surface area (Å²) < 4.78 is 5.94. The maximum atomic E-state index is 11.6. The van der Waals surface area contributed by atoms with Gasteiger partial charge in [-0.25, -0.2) is 0 Å². The summed E-state index contributed by atoms with van der Waals surface area (Å²) in [7, 11) is 0. The molecule has 4 rings (SSSR count). The molecule has 0 saturated carbocycles. The number of amides is 2. The van der Waals surface area contributed by atoms with Gasteiger partial charge in [0.1, 0.15) is 5.76 Å². The fourth-order valence-corrected chi connectivity index (χ4v) is 3.61. The highest BCUT2D eigenvalue weighted by Gasteiger charge is 2.25. The quantitative estimate of drug-likeness (QED) is 0.853. The lowest BCUT2D eigenvalue weighted by atomic mass is 10.1. The van der Waals surface area contributed by atoms with Crippen LogP contribution in [0.5, 0.6) is 0 Å². The molecule has 0 spiro atoms. The second kappa shape index (κ2) is 5.73. The number of aromatic nitrogens is 1. The summed E-state index contributed by atoms with van der Waals surface area (Å²) >= 11 is 0.886. The molecule has 2 saturated heterocycles. The average molecular weight is 329 g/mol. The smallest absolute Gasteiger partial charge is 0.290 e. The number of piperidine rings is 1. The highest BCUT2D eigenvalue weighted by molar-refractivity contribution is 8.18. The van der Waals surface area contributed by atoms with Gasteiger partial charge in [0.2, 0.25) is 0 Å². The third-order valence-corrected chi connectivity index (χ3v) is 4.85. The molecule has 0 radical (unpaired) electrons. The summed E-state index contributed by atoms with van der Waals surface area (Å²) in [4.78, 5) is 29.8. The van der Waals surface area contributed by atoms with E-state index in [9.17, 15) is 9.59 Å². The number of rotatable bonds is 2. The van der Waals surface area contributed by atoms with Crippen molar-refractivity contribution in [1.29, 1.82) is 0 Å². The van der Waals surface area contributed by atoms with Gasteiger partial charge in [0.05, 0.1) is 16.8 Å². The highest BCUT2D eigenvalue weighted by atomic mass is 32.2. The first kappa shape index (κ1) is 14.3. The van der Waals surface area contributed by atoms with E-state index in [1.165, 1.54) is 19.3 Å². The number of carbonyl (C=O) groups is 2. The number of nitrogens with zero attached hydrogens (tertiary/aromatic N) is 2. The van der Waals surface area contributed by atoms with Crippen LogP contribution in [-0.2, 0) is 4.79 Å². The summed E-state index contributed by atoms with van der Waals surface area (Å²) in [6, 6.07) is 1.85. The highest BCUT2D eigenvalue weighted by Crippen LogP contribution is 2.33. The number of fused-ring (bicyclic) bond motifs is 1. The topological polar surface area (TPSA) is 75.4 Å². The normalized spacial score (nSPS) is 20.5. The first-order chi connectivity index (χ1) is 11.2. The molecule has 2 amide bonds. The fraction of sp³-hybridized carbons (Fsp3) is 0.312. The minimum Gasteiger partial charge on any atom is -0.454 e. The Kier molecular flexibility index (Phi) is 3.57. The number of pyridine rings is 1. The zero-order valence-electron chi connectivity index (χ0n) is 12.4. The van der Waals surface area contributed by atoms with Crippen LogP contribution in [0.1, 0.15) is 25.0 Å². The molecule has 0 bridgehead atoms. The third kappa shape index (κ3) is 2.72. The maximum absolute atomic E-state index is 11.6. The van der Waals surface area contributed by atoms with Crippen molar-refractivity contribution in [3.63, 3.8) is 0 Å². The van der Waals surface area contributed by atoms with E-state index < -0.39 is 0 Å². The van der Waals surface area contributed by atoms with E-state index in [0.29, 0.717) is 10.7 Å². The largest absolute Gasteiger partial charge is 0.454 e. The van der Waals surface area contributed by atoms with Gasteiger partial charge in [0.25, 0.3) is 11.1 Å². The summed E-state index contributed by atoms with van der Waals surface area (Å²) in [5.74, 6) is 0.174. The number of imide groups is 1. The molecule has 0 unspecified atom stereocenters. The summed E-state index contributed by atoms with van der Waals surface area (Å²) in [6.45, 7) is 2.01. The third-order valence-electron chi connectivity index (χ3n) is 4.04. The lowest BCUT2D eigenvalue weighted by Crippen LogP contribution is -2.29. The van der Waals surface area contributed by atoms with Crippen molar-refractivity contribution in [2.75, 3.05) is 18.0 Å². The van der Waals surface area contributed by atoms with Crippen molar-refractivity contribution < 1.29 is 14.0 Å². The Morgan fingerprint density at radius 3 is 2.78 bits per heavy atom. The second-order valence-corrected chi connectivity index (χ2v) is 6.64. The van der Waals surface area contributed by atoms with Gasteiger partial charge in [-0.2, -0.15) is 0 Å². The van der Waals surface area contributed by atoms with E-state index >= 15 is 0 Å². The van der Waals surface area contributed by atoms with Crippen LogP contribution < -0.4 is 10.2 Å². The molecule has 7 heteroatoms. The van der Waals surface area contributed by atoms with Crippen LogP contribution >= 0.6 is 11.8 Å². The van der Waals surface area contributed by atoms with Crippen LogP contribution in [0.25, 0.3) is 17.0 Å². The van der Waals surface area contributed by atoms with Gasteiger partial charge in [-0.15, -0.1) is 0 Å². The number of anilines is 1. The molecule has 0 aromatic carbocycles. The van der Waals surface area contributed by atoms with E-state index in [2.05, 4.69) is 15.2 Å². The average Bonchev–Trinajstić information content (AvgIpc) is 3.10. The first-order valence-corrected chi connectivity index (χ1v) is 8.40. The summed E-state index contributed by atoms with van der Waals surface area (Å²) in [5, 5.41) is 2.78. The molecular formula is C16H15N3O3S. The molecule has 2 aliphatic rings. The molecular weight excluding hydrogens is 314 g/mol. The molecule has 6 nitrogen and oxygen atoms in total. The van der Waals surface area contributed by atoms with E-state index in [0.717, 1.165) is 41.5 Å². The van der Waals surface area contributed by atoms with E-state index in [-0.39, 0.29) is 11.1 Å². The van der Waals surface area contributed by atoms with Crippen molar-refractivity contribution in [2.24, 2.45) is 0 Å². The van der Waals surface area contributed by atoms with Crippen LogP contribution in [0.3, 0.4) is 0 Å². The van der Waals surface area contributed by atoms with Crippen LogP contribution in [0.2, 0.25) is 0 Å². The summed E-state index contributed by atoms with van der Waals surface area (Å²) in [6.07, 6.45) is 8.79. The Balaban J connectivity index is 1.72. The Bertz CT molecular complexity index is 821. The standard InChI is InChI=1S/C16H15N3O3S/c20-15-13(23-16(21)18-15)7-11-6-10-8-17-9-12(14(10)22-11)19-4-2-1-3-5-19/h6-9H,1-5H2,(H,18,20,21)/b13-7-. The van der Waals surface area contributed by atoms with Crippen LogP contribution in [0, 0.1) is 0 Å². The van der Waals surface area contributed by atoms with Crippen LogP contribution in [-0.4, -0.2) is 29.2 Å². The number of thioether (sulfide) groups is 1. The van der Waals surface area contributed by atoms with Gasteiger partial charge in [-0.1, -0.05) is 0 Å². The fourth-order valence-electron chi connectivity index (χ4n) is 2.95. The van der Waals surface area contributed by atoms with Gasteiger partial charge >= 0.3 is 0 Å². The molecule has 1 N–H and O–H groups in total. The SMILES string of the molecule is O=C1NC(=O)/C(=C/c2cc3cncc(N4CCCCC4)c3o2)S1. The molecule has 2 aromatic rings. The monoisotopic (exact) mass is 329 g/mol. The molecule has 0 aliphatic carbocycles. The molecule has 0 atom stereocenters. The van der Waals surface area contributed by atoms with Crippen molar-refractivity contribution in [3.8, 4) is 0 Å². The Morgan fingerprint density at radius 1 is 1.22 bits per heavy atom. The predicted molar refractivity (Wildman–Crippen MR) is 89.2 cm³/mol. The number of carbonyl (C=O) groups excluding carboxylic acids is 2. The van der Waals surface area contributed by atoms with Gasteiger partial charge < -0.3 is 9.32 Å². The molecule has 4 heterocycles. The van der Waals surface area contributed by atoms with Crippen molar-refractivity contribution >= 4 is 45.6 Å². The van der Waals surface area contributed by atoms with Crippen molar-refractivity contribution in [1.82, 2.24) is 10.3 Å². The van der Waals surface area contributed by atoms with Crippen LogP contribution in [0.4, 0.5) is 10.5 Å². The zero-order valence-corrected chi connectivity index (χ0v) is 13.2. The lowest BCUT2D eigenvalue weighted by Gasteiger charge is -2.28. The van der Waals surface area contributed by atoms with Gasteiger partial charge in [0, 0.05) is 30.7 Å². The first-order valence-electron chi connectivity index (χ1n) is 7.58. The molecule has 23 heavy (non-hydrogen) atoms. The molecule has 2 fully saturated rings. The van der Waals surface area contributed by atoms with E-state index in [1.54, 1.807) is 12.3 Å². The van der Waals surface area contributed by atoms with Crippen molar-refractivity contribution in [2.45, 2.75) is 19.3 Å². The maximum Gasteiger partial charge on any atom is 0.290 e. The Labute approximate surface area is 136 Å². The number of nitrogens with one attached hydrogen (secondary N) is 1. The van der Waals surface area contributed by atoms with Gasteiger partial charge in [-0.3, -0.25) is 19.9 Å². The lowest BCUT2D eigenvalue weighted by molar-refractivity contribution is -0.115. The minimum atomic E-state index is -0.380. The molecule has 118 valence electrons. The Morgan fingerprint density at radius 2 is 2.04 bits per heavy atom. The molecule has 2 aliphatic heterocycles.